The molecule has 0 saturated carbocycles. The van der Waals surface area contributed by atoms with Gasteiger partial charge in [-0.25, -0.2) is 8.78 Å². The molecule has 1 aromatic rings. The van der Waals surface area contributed by atoms with Gasteiger partial charge in [0.2, 0.25) is 0 Å². The fraction of sp³-hybridized carbons (Fsp3) is 0.364. The Bertz CT molecular complexity index is 463. The number of alkyl halides is 4. The third kappa shape index (κ3) is 4.77. The fourth-order valence-electron chi connectivity index (χ4n) is 1.38. The molecule has 19 heavy (non-hydrogen) atoms. The SMILES string of the molecule is O=C(c1ccc(F)c(F)c1)N(CCBr)CC(F)(F)F. The highest BCUT2D eigenvalue weighted by Gasteiger charge is 2.33. The highest BCUT2D eigenvalue weighted by molar-refractivity contribution is 9.09. The summed E-state index contributed by atoms with van der Waals surface area (Å²) in [5.41, 5.74) is -0.330. The summed E-state index contributed by atoms with van der Waals surface area (Å²) in [6.45, 7) is -1.65. The van der Waals surface area contributed by atoms with Gasteiger partial charge in [0.05, 0.1) is 0 Å². The normalized spacial score (nSPS) is 11.5. The summed E-state index contributed by atoms with van der Waals surface area (Å²) in [7, 11) is 0. The standard InChI is InChI=1S/C11H9BrF5NO/c12-3-4-18(6-11(15,16)17)10(19)7-1-2-8(13)9(14)5-7/h1-2,5H,3-4,6H2. The van der Waals surface area contributed by atoms with Gasteiger partial charge in [-0.2, -0.15) is 13.2 Å². The van der Waals surface area contributed by atoms with E-state index in [0.29, 0.717) is 17.0 Å². The first-order chi connectivity index (χ1) is 8.74. The Labute approximate surface area is 114 Å². The van der Waals surface area contributed by atoms with E-state index in [1.807, 2.05) is 0 Å². The van der Waals surface area contributed by atoms with Gasteiger partial charge in [-0.15, -0.1) is 0 Å². The summed E-state index contributed by atoms with van der Waals surface area (Å²) >= 11 is 2.93. The van der Waals surface area contributed by atoms with Crippen LogP contribution in [0.1, 0.15) is 10.4 Å². The summed E-state index contributed by atoms with van der Waals surface area (Å²) in [4.78, 5) is 12.3. The quantitative estimate of drug-likeness (QED) is 0.605. The Morgan fingerprint density at radius 3 is 2.32 bits per heavy atom. The molecule has 106 valence electrons. The van der Waals surface area contributed by atoms with Crippen molar-refractivity contribution in [3.05, 3.63) is 35.4 Å². The van der Waals surface area contributed by atoms with Crippen molar-refractivity contribution in [1.29, 1.82) is 0 Å². The van der Waals surface area contributed by atoms with Crippen LogP contribution in [0.25, 0.3) is 0 Å². The van der Waals surface area contributed by atoms with Crippen molar-refractivity contribution in [3.63, 3.8) is 0 Å². The molecule has 8 heteroatoms. The minimum absolute atomic E-state index is 0.137. The minimum atomic E-state index is -4.56. The molecule has 0 N–H and O–H groups in total. The molecule has 0 spiro atoms. The molecule has 1 amide bonds. The lowest BCUT2D eigenvalue weighted by atomic mass is 10.2. The number of hydrogen-bond donors (Lipinski definition) is 0. The molecule has 0 fully saturated rings. The van der Waals surface area contributed by atoms with Crippen LogP contribution in [0.5, 0.6) is 0 Å². The van der Waals surface area contributed by atoms with Crippen molar-refractivity contribution >= 4 is 21.8 Å². The summed E-state index contributed by atoms with van der Waals surface area (Å²) in [6, 6.07) is 2.22. The van der Waals surface area contributed by atoms with Crippen molar-refractivity contribution in [3.8, 4) is 0 Å². The van der Waals surface area contributed by atoms with E-state index in [1.165, 1.54) is 0 Å². The predicted molar refractivity (Wildman–Crippen MR) is 62.1 cm³/mol. The van der Waals surface area contributed by atoms with E-state index >= 15 is 0 Å². The zero-order chi connectivity index (χ0) is 14.6. The number of carbonyl (C=O) groups is 1. The molecule has 0 unspecified atom stereocenters. The van der Waals surface area contributed by atoms with E-state index in [4.69, 9.17) is 0 Å². The summed E-state index contributed by atoms with van der Waals surface area (Å²) < 4.78 is 62.6. The maximum Gasteiger partial charge on any atom is 0.406 e. The maximum absolute atomic E-state index is 12.9. The zero-order valence-corrected chi connectivity index (χ0v) is 11.1. The molecule has 0 aromatic heterocycles. The average Bonchev–Trinajstić information content (AvgIpc) is 2.29. The molecular formula is C11H9BrF5NO. The van der Waals surface area contributed by atoms with Gasteiger partial charge < -0.3 is 4.90 Å². The Morgan fingerprint density at radius 2 is 1.84 bits per heavy atom. The largest absolute Gasteiger partial charge is 0.406 e. The first-order valence-corrected chi connectivity index (χ1v) is 6.24. The van der Waals surface area contributed by atoms with Crippen LogP contribution in [0.3, 0.4) is 0 Å². The van der Waals surface area contributed by atoms with Gasteiger partial charge in [0, 0.05) is 17.4 Å². The third-order valence-corrected chi connectivity index (χ3v) is 2.53. The first-order valence-electron chi connectivity index (χ1n) is 5.11. The van der Waals surface area contributed by atoms with E-state index in [-0.39, 0.29) is 17.4 Å². The van der Waals surface area contributed by atoms with E-state index in [0.717, 1.165) is 6.07 Å². The molecule has 0 atom stereocenters. The lowest BCUT2D eigenvalue weighted by molar-refractivity contribution is -0.140. The lowest BCUT2D eigenvalue weighted by Gasteiger charge is -2.23. The van der Waals surface area contributed by atoms with Crippen LogP contribution < -0.4 is 0 Å². The van der Waals surface area contributed by atoms with Gasteiger partial charge in [0.25, 0.3) is 5.91 Å². The molecule has 2 nitrogen and oxygen atoms in total. The van der Waals surface area contributed by atoms with Crippen LogP contribution in [-0.2, 0) is 0 Å². The van der Waals surface area contributed by atoms with Gasteiger partial charge in [-0.1, -0.05) is 15.9 Å². The van der Waals surface area contributed by atoms with Crippen molar-refractivity contribution in [2.75, 3.05) is 18.4 Å². The summed E-state index contributed by atoms with van der Waals surface area (Å²) in [6.07, 6.45) is -4.56. The smallest absolute Gasteiger partial charge is 0.329 e. The molecule has 1 rings (SSSR count). The number of nitrogens with zero attached hydrogens (tertiary/aromatic N) is 1. The molecular weight excluding hydrogens is 337 g/mol. The van der Waals surface area contributed by atoms with E-state index in [2.05, 4.69) is 15.9 Å². The third-order valence-electron chi connectivity index (χ3n) is 2.18. The monoisotopic (exact) mass is 345 g/mol. The van der Waals surface area contributed by atoms with Gasteiger partial charge >= 0.3 is 6.18 Å². The van der Waals surface area contributed by atoms with Gasteiger partial charge in [0.15, 0.2) is 11.6 Å². The highest BCUT2D eigenvalue weighted by atomic mass is 79.9. The van der Waals surface area contributed by atoms with Crippen LogP contribution >= 0.6 is 15.9 Å². The second-order valence-corrected chi connectivity index (χ2v) is 4.45. The zero-order valence-electron chi connectivity index (χ0n) is 9.48. The lowest BCUT2D eigenvalue weighted by Crippen LogP contribution is -2.40. The summed E-state index contributed by atoms with van der Waals surface area (Å²) in [5, 5.41) is 0.137. The molecule has 0 radical (unpaired) electrons. The molecule has 0 aliphatic heterocycles. The Kier molecular flexibility index (Phi) is 5.28. The average molecular weight is 346 g/mol. The second-order valence-electron chi connectivity index (χ2n) is 3.66. The Morgan fingerprint density at radius 1 is 1.21 bits per heavy atom. The van der Waals surface area contributed by atoms with Crippen LogP contribution in [0, 0.1) is 11.6 Å². The molecule has 1 aromatic carbocycles. The number of benzene rings is 1. The minimum Gasteiger partial charge on any atom is -0.329 e. The fourth-order valence-corrected chi connectivity index (χ4v) is 1.81. The Balaban J connectivity index is 2.95. The Hall–Kier alpha value is -1.18. The van der Waals surface area contributed by atoms with Crippen molar-refractivity contribution in [2.45, 2.75) is 6.18 Å². The molecule has 0 bridgehead atoms. The molecule has 0 aliphatic carbocycles. The highest BCUT2D eigenvalue weighted by Crippen LogP contribution is 2.19. The van der Waals surface area contributed by atoms with Gasteiger partial charge in [0.1, 0.15) is 6.54 Å². The predicted octanol–water partition coefficient (Wildman–Crippen LogP) is 3.36. The number of halogens is 6. The van der Waals surface area contributed by atoms with Crippen molar-refractivity contribution < 1.29 is 26.7 Å². The second kappa shape index (κ2) is 6.31. The van der Waals surface area contributed by atoms with E-state index in [1.54, 1.807) is 0 Å². The van der Waals surface area contributed by atoms with Crippen LogP contribution in [0.4, 0.5) is 22.0 Å². The van der Waals surface area contributed by atoms with Gasteiger partial charge in [-0.3, -0.25) is 4.79 Å². The van der Waals surface area contributed by atoms with E-state index < -0.39 is 30.3 Å². The van der Waals surface area contributed by atoms with Crippen molar-refractivity contribution in [2.24, 2.45) is 0 Å². The topological polar surface area (TPSA) is 20.3 Å². The van der Waals surface area contributed by atoms with Crippen molar-refractivity contribution in [1.82, 2.24) is 4.90 Å². The molecule has 0 saturated heterocycles. The van der Waals surface area contributed by atoms with E-state index in [9.17, 15) is 26.7 Å². The molecule has 0 heterocycles. The summed E-state index contributed by atoms with van der Waals surface area (Å²) in [5.74, 6) is -3.45. The molecule has 0 aliphatic rings. The van der Waals surface area contributed by atoms with Crippen LogP contribution in [-0.4, -0.2) is 35.4 Å². The van der Waals surface area contributed by atoms with Crippen LogP contribution in [0.15, 0.2) is 18.2 Å². The number of rotatable bonds is 4. The number of hydrogen-bond acceptors (Lipinski definition) is 1. The van der Waals surface area contributed by atoms with Crippen LogP contribution in [0.2, 0.25) is 0 Å². The maximum atomic E-state index is 12.9. The number of carbonyl (C=O) groups excluding carboxylic acids is 1. The number of amides is 1. The first kappa shape index (κ1) is 15.9. The van der Waals surface area contributed by atoms with Gasteiger partial charge in [-0.05, 0) is 18.2 Å².